The third-order valence-electron chi connectivity index (χ3n) is 7.47. The molecule has 1 aliphatic rings. The second-order valence-corrected chi connectivity index (χ2v) is 10.7. The molecular formula is C33H37BFNO4. The summed E-state index contributed by atoms with van der Waals surface area (Å²) in [6, 6.07) is 26.9. The number of allylic oxidation sites excluding steroid dienone is 1. The van der Waals surface area contributed by atoms with Crippen molar-refractivity contribution in [2.45, 2.75) is 51.6 Å². The van der Waals surface area contributed by atoms with E-state index in [1.54, 1.807) is 0 Å². The molecule has 2 atom stereocenters. The number of hydrogen-bond acceptors (Lipinski definition) is 4. The van der Waals surface area contributed by atoms with E-state index in [2.05, 4.69) is 31.3 Å². The molecule has 1 aliphatic heterocycles. The van der Waals surface area contributed by atoms with Crippen molar-refractivity contribution in [3.05, 3.63) is 113 Å². The van der Waals surface area contributed by atoms with Crippen molar-refractivity contribution in [1.82, 2.24) is 0 Å². The van der Waals surface area contributed by atoms with Crippen LogP contribution in [0, 0.1) is 11.7 Å². The number of anilines is 1. The molecule has 4 N–H and O–H groups in total. The molecule has 0 spiro atoms. The van der Waals surface area contributed by atoms with Crippen molar-refractivity contribution >= 4 is 29.4 Å². The van der Waals surface area contributed by atoms with Crippen molar-refractivity contribution in [2.24, 2.45) is 5.92 Å². The van der Waals surface area contributed by atoms with Gasteiger partial charge in [0.2, 0.25) is 6.71 Å². The number of para-hydroxylation sites is 1. The van der Waals surface area contributed by atoms with Crippen molar-refractivity contribution in [3.8, 4) is 0 Å². The van der Waals surface area contributed by atoms with Crippen LogP contribution in [-0.4, -0.2) is 46.8 Å². The Morgan fingerprint density at radius 1 is 0.875 bits per heavy atom. The number of aliphatic hydroxyl groups excluding tert-OH is 2. The van der Waals surface area contributed by atoms with Crippen LogP contribution in [0.1, 0.15) is 44.2 Å². The molecule has 0 amide bonds. The Balaban J connectivity index is 1.78. The summed E-state index contributed by atoms with van der Waals surface area (Å²) in [5.41, 5.74) is 7.68. The van der Waals surface area contributed by atoms with Gasteiger partial charge < -0.3 is 20.6 Å². The number of halogens is 1. The molecule has 40 heavy (non-hydrogen) atoms. The normalized spacial score (nSPS) is 15.1. The zero-order valence-corrected chi connectivity index (χ0v) is 23.1. The fraction of sp³-hybridized carbons (Fsp3) is 0.303. The predicted octanol–water partition coefficient (Wildman–Crippen LogP) is 6.36. The topological polar surface area (TPSA) is 89.8 Å². The number of nitrogens with one attached hydrogen (secondary N) is 1. The highest BCUT2D eigenvalue weighted by Gasteiger charge is 2.38. The van der Waals surface area contributed by atoms with E-state index in [-0.39, 0.29) is 24.9 Å². The number of hydrogen-bond donors (Lipinski definition) is 4. The third kappa shape index (κ3) is 7.29. The fourth-order valence-corrected chi connectivity index (χ4v) is 5.82. The quantitative estimate of drug-likeness (QED) is 0.189. The minimum atomic E-state index is -1.10. The van der Waals surface area contributed by atoms with E-state index in [1.807, 2.05) is 60.7 Å². The van der Waals surface area contributed by atoms with Crippen LogP contribution < -0.4 is 5.32 Å². The molecule has 2 unspecified atom stereocenters. The number of aliphatic carboxylic acids is 1. The van der Waals surface area contributed by atoms with Gasteiger partial charge in [0.25, 0.3) is 0 Å². The SMILES string of the molecule is CC(C)C1=C(CNc2ccccc2)C(c2ccccc2)=C(c2ccc(F)cc2)B1CCC(O)CC(O)CC(=O)O. The first-order valence-electron chi connectivity index (χ1n) is 13.9. The second-order valence-electron chi connectivity index (χ2n) is 10.7. The summed E-state index contributed by atoms with van der Waals surface area (Å²) < 4.78 is 14.0. The smallest absolute Gasteiger partial charge is 0.305 e. The number of benzene rings is 3. The maximum Gasteiger partial charge on any atom is 0.305 e. The summed E-state index contributed by atoms with van der Waals surface area (Å²) in [5.74, 6) is -1.19. The monoisotopic (exact) mass is 541 g/mol. The second kappa shape index (κ2) is 13.6. The molecule has 7 heteroatoms. The fourth-order valence-electron chi connectivity index (χ4n) is 5.82. The van der Waals surface area contributed by atoms with E-state index >= 15 is 0 Å². The minimum absolute atomic E-state index is 0.00328. The van der Waals surface area contributed by atoms with Gasteiger partial charge in [0.05, 0.1) is 18.6 Å². The van der Waals surface area contributed by atoms with Gasteiger partial charge in [0.15, 0.2) is 0 Å². The Kier molecular flexibility index (Phi) is 9.96. The van der Waals surface area contributed by atoms with Gasteiger partial charge >= 0.3 is 5.97 Å². The maximum atomic E-state index is 14.0. The summed E-state index contributed by atoms with van der Waals surface area (Å²) in [6.07, 6.45) is -1.34. The van der Waals surface area contributed by atoms with Crippen molar-refractivity contribution in [3.63, 3.8) is 0 Å². The number of aliphatic hydroxyl groups is 2. The first-order valence-corrected chi connectivity index (χ1v) is 13.9. The third-order valence-corrected chi connectivity index (χ3v) is 7.47. The van der Waals surface area contributed by atoms with E-state index in [1.165, 1.54) is 23.2 Å². The Morgan fingerprint density at radius 3 is 2.10 bits per heavy atom. The summed E-state index contributed by atoms with van der Waals surface area (Å²) in [6.45, 7) is 4.91. The summed E-state index contributed by atoms with van der Waals surface area (Å²) in [7, 11) is 0. The van der Waals surface area contributed by atoms with Crippen LogP contribution in [0.25, 0.3) is 11.0 Å². The molecule has 0 bridgehead atoms. The van der Waals surface area contributed by atoms with E-state index in [4.69, 9.17) is 5.11 Å². The molecule has 0 saturated heterocycles. The molecule has 208 valence electrons. The number of carboxylic acid groups (broad SMARTS) is 1. The van der Waals surface area contributed by atoms with E-state index in [9.17, 15) is 19.4 Å². The van der Waals surface area contributed by atoms with Gasteiger partial charge in [-0.05, 0) is 65.3 Å². The van der Waals surface area contributed by atoms with Crippen LogP contribution in [0.3, 0.4) is 0 Å². The van der Waals surface area contributed by atoms with Crippen LogP contribution in [0.15, 0.2) is 96.0 Å². The van der Waals surface area contributed by atoms with Crippen molar-refractivity contribution < 1.29 is 24.5 Å². The van der Waals surface area contributed by atoms with Gasteiger partial charge in [-0.1, -0.05) is 91.8 Å². The molecule has 0 aliphatic carbocycles. The lowest BCUT2D eigenvalue weighted by Crippen LogP contribution is -2.25. The average molecular weight is 541 g/mol. The number of rotatable bonds is 13. The highest BCUT2D eigenvalue weighted by molar-refractivity contribution is 6.89. The Bertz CT molecular complexity index is 1340. The zero-order valence-electron chi connectivity index (χ0n) is 23.1. The lowest BCUT2D eigenvalue weighted by atomic mass is 9.36. The molecule has 0 aromatic heterocycles. The van der Waals surface area contributed by atoms with Gasteiger partial charge in [-0.15, -0.1) is 0 Å². The molecule has 0 fully saturated rings. The standard InChI is InChI=1S/C33H37BFNO4/c1-22(2)32-29(21-36-26-11-7-4-8-12-26)31(23-9-5-3-6-10-23)33(24-13-15-25(35)16-14-24)34(32)18-17-27(37)19-28(38)20-30(39)40/h3-16,22,27-28,36-38H,17-21H2,1-2H3,(H,39,40). The van der Waals surface area contributed by atoms with E-state index in [0.717, 1.165) is 27.9 Å². The molecule has 1 heterocycles. The zero-order chi connectivity index (χ0) is 28.6. The number of carboxylic acids is 1. The molecule has 5 nitrogen and oxygen atoms in total. The summed E-state index contributed by atoms with van der Waals surface area (Å²) >= 11 is 0. The molecule has 4 rings (SSSR count). The van der Waals surface area contributed by atoms with Gasteiger partial charge in [-0.2, -0.15) is 0 Å². The van der Waals surface area contributed by atoms with Crippen LogP contribution >= 0.6 is 0 Å². The Hall–Kier alpha value is -3.68. The predicted molar refractivity (Wildman–Crippen MR) is 161 cm³/mol. The number of carbonyl (C=O) groups is 1. The van der Waals surface area contributed by atoms with Gasteiger partial charge in [-0.25, -0.2) is 4.39 Å². The van der Waals surface area contributed by atoms with Gasteiger partial charge in [0.1, 0.15) is 5.82 Å². The maximum absolute atomic E-state index is 14.0. The average Bonchev–Trinajstić information content (AvgIpc) is 3.26. The summed E-state index contributed by atoms with van der Waals surface area (Å²) in [4.78, 5) is 11.0. The van der Waals surface area contributed by atoms with Crippen molar-refractivity contribution in [2.75, 3.05) is 11.9 Å². The van der Waals surface area contributed by atoms with E-state index < -0.39 is 24.6 Å². The van der Waals surface area contributed by atoms with Crippen molar-refractivity contribution in [1.29, 1.82) is 0 Å². The molecule has 0 saturated carbocycles. The Morgan fingerprint density at radius 2 is 1.50 bits per heavy atom. The largest absolute Gasteiger partial charge is 0.481 e. The van der Waals surface area contributed by atoms with Crippen LogP contribution in [0.4, 0.5) is 10.1 Å². The minimum Gasteiger partial charge on any atom is -0.481 e. The van der Waals surface area contributed by atoms with Crippen LogP contribution in [0.2, 0.25) is 6.32 Å². The van der Waals surface area contributed by atoms with Crippen LogP contribution in [0.5, 0.6) is 0 Å². The van der Waals surface area contributed by atoms with E-state index in [0.29, 0.717) is 19.3 Å². The van der Waals surface area contributed by atoms with Crippen LogP contribution in [-0.2, 0) is 4.79 Å². The first-order chi connectivity index (χ1) is 19.2. The molecular weight excluding hydrogens is 504 g/mol. The van der Waals surface area contributed by atoms with Gasteiger partial charge in [-0.3, -0.25) is 4.79 Å². The highest BCUT2D eigenvalue weighted by Crippen LogP contribution is 2.47. The lowest BCUT2D eigenvalue weighted by molar-refractivity contribution is -0.139. The highest BCUT2D eigenvalue weighted by atomic mass is 19.1. The summed E-state index contributed by atoms with van der Waals surface area (Å²) in [5, 5.41) is 33.4. The Labute approximate surface area is 236 Å². The molecule has 3 aromatic rings. The molecule has 0 radical (unpaired) electrons. The molecule has 3 aromatic carbocycles. The van der Waals surface area contributed by atoms with Gasteiger partial charge in [0, 0.05) is 12.2 Å². The first kappa shape index (κ1) is 29.3. The lowest BCUT2D eigenvalue weighted by Gasteiger charge is -2.22.